The summed E-state index contributed by atoms with van der Waals surface area (Å²) in [6.45, 7) is 4.43. The van der Waals surface area contributed by atoms with E-state index in [-0.39, 0.29) is 23.8 Å². The molecule has 1 heterocycles. The van der Waals surface area contributed by atoms with E-state index in [1.165, 1.54) is 0 Å². The van der Waals surface area contributed by atoms with Crippen LogP contribution in [0.4, 0.5) is 5.69 Å². The van der Waals surface area contributed by atoms with Gasteiger partial charge in [-0.25, -0.2) is 0 Å². The number of hydrogen-bond acceptors (Lipinski definition) is 3. The number of rotatable bonds is 7. The highest BCUT2D eigenvalue weighted by atomic mass is 16.2. The lowest BCUT2D eigenvalue weighted by molar-refractivity contribution is -0.141. The summed E-state index contributed by atoms with van der Waals surface area (Å²) < 4.78 is 0. The molecule has 1 fully saturated rings. The van der Waals surface area contributed by atoms with Crippen LogP contribution >= 0.6 is 0 Å². The van der Waals surface area contributed by atoms with Crippen LogP contribution in [0.3, 0.4) is 0 Å². The Morgan fingerprint density at radius 3 is 2.33 bits per heavy atom. The molecule has 158 valence electrons. The zero-order valence-electron chi connectivity index (χ0n) is 17.6. The van der Waals surface area contributed by atoms with Crippen molar-refractivity contribution in [3.05, 3.63) is 65.7 Å². The lowest BCUT2D eigenvalue weighted by Gasteiger charge is -2.34. The Balaban J connectivity index is 1.72. The zero-order valence-corrected chi connectivity index (χ0v) is 17.6. The first-order valence-electron chi connectivity index (χ1n) is 10.5. The molecule has 0 saturated carbocycles. The molecule has 1 aliphatic rings. The van der Waals surface area contributed by atoms with Crippen LogP contribution in [0.15, 0.2) is 54.6 Å². The number of nitrogens with one attached hydrogen (secondary N) is 2. The van der Waals surface area contributed by atoms with Gasteiger partial charge in [0.1, 0.15) is 6.04 Å². The van der Waals surface area contributed by atoms with Crippen molar-refractivity contribution >= 4 is 23.4 Å². The van der Waals surface area contributed by atoms with E-state index >= 15 is 0 Å². The smallest absolute Gasteiger partial charge is 0.251 e. The summed E-state index contributed by atoms with van der Waals surface area (Å²) in [5, 5.41) is 5.80. The highest BCUT2D eigenvalue weighted by Crippen LogP contribution is 2.27. The van der Waals surface area contributed by atoms with Crippen LogP contribution in [-0.4, -0.2) is 35.2 Å². The van der Waals surface area contributed by atoms with Gasteiger partial charge in [0.05, 0.1) is 6.42 Å². The Kier molecular flexibility index (Phi) is 7.22. The molecular formula is C24H29N3O3. The Morgan fingerprint density at radius 1 is 1.00 bits per heavy atom. The van der Waals surface area contributed by atoms with Crippen molar-refractivity contribution < 1.29 is 14.4 Å². The first-order valence-corrected chi connectivity index (χ1v) is 10.5. The van der Waals surface area contributed by atoms with E-state index in [1.807, 2.05) is 56.3 Å². The van der Waals surface area contributed by atoms with Crippen molar-refractivity contribution in [2.45, 2.75) is 51.6 Å². The largest absolute Gasteiger partial charge is 0.354 e. The molecule has 3 amide bonds. The van der Waals surface area contributed by atoms with Gasteiger partial charge in [-0.15, -0.1) is 0 Å². The number of benzene rings is 2. The maximum Gasteiger partial charge on any atom is 0.251 e. The number of nitrogens with zero attached hydrogens (tertiary/aromatic N) is 1. The molecule has 1 unspecified atom stereocenters. The molecule has 6 nitrogen and oxygen atoms in total. The van der Waals surface area contributed by atoms with E-state index in [4.69, 9.17) is 0 Å². The molecule has 30 heavy (non-hydrogen) atoms. The fourth-order valence-corrected chi connectivity index (χ4v) is 3.68. The monoisotopic (exact) mass is 407 g/mol. The van der Waals surface area contributed by atoms with Gasteiger partial charge in [-0.3, -0.25) is 14.4 Å². The number of hydrogen-bond donors (Lipinski definition) is 2. The van der Waals surface area contributed by atoms with Crippen molar-refractivity contribution in [1.82, 2.24) is 10.2 Å². The molecule has 3 rings (SSSR count). The number of carbonyl (C=O) groups is 3. The first kappa shape index (κ1) is 21.6. The van der Waals surface area contributed by atoms with E-state index in [9.17, 15) is 14.4 Å². The van der Waals surface area contributed by atoms with Crippen LogP contribution in [0, 0.1) is 0 Å². The summed E-state index contributed by atoms with van der Waals surface area (Å²) in [7, 11) is 0. The topological polar surface area (TPSA) is 78.5 Å². The number of amides is 3. The maximum absolute atomic E-state index is 13.2. The van der Waals surface area contributed by atoms with Crippen molar-refractivity contribution in [1.29, 1.82) is 0 Å². The molecule has 0 radical (unpaired) electrons. The minimum atomic E-state index is -0.657. The zero-order chi connectivity index (χ0) is 21.5. The Morgan fingerprint density at radius 2 is 1.70 bits per heavy atom. The Labute approximate surface area is 177 Å². The first-order chi connectivity index (χ1) is 14.4. The summed E-state index contributed by atoms with van der Waals surface area (Å²) in [4.78, 5) is 39.3. The molecule has 6 heteroatoms. The molecule has 2 aromatic carbocycles. The summed E-state index contributed by atoms with van der Waals surface area (Å²) in [6.07, 6.45) is 2.53. The van der Waals surface area contributed by atoms with Crippen LogP contribution in [0.5, 0.6) is 0 Å². The highest BCUT2D eigenvalue weighted by Gasteiger charge is 2.32. The van der Waals surface area contributed by atoms with Crippen molar-refractivity contribution in [3.63, 3.8) is 0 Å². The van der Waals surface area contributed by atoms with Gasteiger partial charge in [0.25, 0.3) is 5.91 Å². The lowest BCUT2D eigenvalue weighted by Crippen LogP contribution is -2.43. The molecule has 0 bridgehead atoms. The number of likely N-dealkylation sites (tertiary alicyclic amines) is 1. The molecule has 1 atom stereocenters. The standard InChI is InChI=1S/C24H29N3O3/c1-17(2)25-21(28)16-18-11-13-20(14-12-18)26-24(30)23(19-8-4-3-5-9-19)27-15-7-6-10-22(27)29/h3-5,8-9,11-14,17,23H,6-7,10,15-16H2,1-2H3,(H,25,28)(H,26,30). The van der Waals surface area contributed by atoms with Crippen LogP contribution in [0.2, 0.25) is 0 Å². The van der Waals surface area contributed by atoms with Crippen molar-refractivity contribution in [3.8, 4) is 0 Å². The van der Waals surface area contributed by atoms with Crippen molar-refractivity contribution in [2.24, 2.45) is 0 Å². The molecule has 0 aromatic heterocycles. The maximum atomic E-state index is 13.2. The quantitative estimate of drug-likeness (QED) is 0.738. The SMILES string of the molecule is CC(C)NC(=O)Cc1ccc(NC(=O)C(c2ccccc2)N2CCCCC2=O)cc1. The predicted molar refractivity (Wildman–Crippen MR) is 117 cm³/mol. The molecular weight excluding hydrogens is 378 g/mol. The van der Waals surface area contributed by atoms with Crippen LogP contribution in [-0.2, 0) is 20.8 Å². The molecule has 2 N–H and O–H groups in total. The third-order valence-corrected chi connectivity index (χ3v) is 5.07. The summed E-state index contributed by atoms with van der Waals surface area (Å²) >= 11 is 0. The van der Waals surface area contributed by atoms with Gasteiger partial charge < -0.3 is 15.5 Å². The molecule has 0 aliphatic carbocycles. The van der Waals surface area contributed by atoms with Gasteiger partial charge in [-0.1, -0.05) is 42.5 Å². The average Bonchev–Trinajstić information content (AvgIpc) is 2.71. The van der Waals surface area contributed by atoms with Crippen LogP contribution in [0.1, 0.15) is 50.3 Å². The van der Waals surface area contributed by atoms with Crippen LogP contribution in [0.25, 0.3) is 0 Å². The third-order valence-electron chi connectivity index (χ3n) is 5.07. The Hall–Kier alpha value is -3.15. The number of piperidine rings is 1. The minimum Gasteiger partial charge on any atom is -0.354 e. The van der Waals surface area contributed by atoms with Gasteiger partial charge in [-0.05, 0) is 49.9 Å². The number of anilines is 1. The molecule has 1 saturated heterocycles. The highest BCUT2D eigenvalue weighted by molar-refractivity contribution is 5.98. The van der Waals surface area contributed by atoms with Gasteiger partial charge in [0.15, 0.2) is 0 Å². The molecule has 1 aliphatic heterocycles. The minimum absolute atomic E-state index is 0.0109. The van der Waals surface area contributed by atoms with E-state index in [1.54, 1.807) is 17.0 Å². The normalized spacial score (nSPS) is 15.0. The fraction of sp³-hybridized carbons (Fsp3) is 0.375. The number of carbonyl (C=O) groups excluding carboxylic acids is 3. The average molecular weight is 408 g/mol. The van der Waals surface area contributed by atoms with Gasteiger partial charge in [0, 0.05) is 24.7 Å². The van der Waals surface area contributed by atoms with E-state index < -0.39 is 6.04 Å². The summed E-state index contributed by atoms with van der Waals surface area (Å²) in [6, 6.07) is 16.1. The fourth-order valence-electron chi connectivity index (χ4n) is 3.68. The second kappa shape index (κ2) is 10.1. The predicted octanol–water partition coefficient (Wildman–Crippen LogP) is 3.45. The van der Waals surface area contributed by atoms with Gasteiger partial charge in [0.2, 0.25) is 11.8 Å². The van der Waals surface area contributed by atoms with E-state index in [0.29, 0.717) is 25.1 Å². The third kappa shape index (κ3) is 5.69. The molecule has 0 spiro atoms. The van der Waals surface area contributed by atoms with E-state index in [0.717, 1.165) is 24.0 Å². The summed E-state index contributed by atoms with van der Waals surface area (Å²) in [5.74, 6) is -0.256. The molecule has 2 aromatic rings. The second-order valence-electron chi connectivity index (χ2n) is 7.94. The lowest BCUT2D eigenvalue weighted by atomic mass is 10.0. The van der Waals surface area contributed by atoms with Gasteiger partial charge >= 0.3 is 0 Å². The summed E-state index contributed by atoms with van der Waals surface area (Å²) in [5.41, 5.74) is 2.31. The Bertz CT molecular complexity index is 878. The van der Waals surface area contributed by atoms with Gasteiger partial charge in [-0.2, -0.15) is 0 Å². The van der Waals surface area contributed by atoms with E-state index in [2.05, 4.69) is 10.6 Å². The van der Waals surface area contributed by atoms with Crippen LogP contribution < -0.4 is 10.6 Å². The second-order valence-corrected chi connectivity index (χ2v) is 7.94. The van der Waals surface area contributed by atoms with Crippen molar-refractivity contribution in [2.75, 3.05) is 11.9 Å².